The highest BCUT2D eigenvalue weighted by atomic mass is 28.2. The molecule has 0 amide bonds. The summed E-state index contributed by atoms with van der Waals surface area (Å²) in [6, 6.07) is 10.3. The van der Waals surface area contributed by atoms with E-state index in [1.54, 1.807) is 0 Å². The van der Waals surface area contributed by atoms with Crippen molar-refractivity contribution in [3.63, 3.8) is 0 Å². The maximum absolute atomic E-state index is 5.81. The number of ether oxygens (including phenoxy) is 3. The molecule has 0 unspecified atom stereocenters. The fourth-order valence-corrected chi connectivity index (χ4v) is 2.95. The first-order chi connectivity index (χ1) is 9.76. The minimum atomic E-state index is -0.955. The van der Waals surface area contributed by atoms with Gasteiger partial charge in [-0.15, -0.1) is 0 Å². The number of hydrogen-bond acceptors (Lipinski definition) is 4. The van der Waals surface area contributed by atoms with Gasteiger partial charge in [0.25, 0.3) is 5.97 Å². The molecule has 0 bridgehead atoms. The SMILES string of the molecule is CCOC(CCO[SiH2]c1ccccc1)(OCC)OCC. The van der Waals surface area contributed by atoms with Gasteiger partial charge in [-0.3, -0.25) is 0 Å². The van der Waals surface area contributed by atoms with Gasteiger partial charge in [0.1, 0.15) is 0 Å². The van der Waals surface area contributed by atoms with Crippen molar-refractivity contribution in [2.45, 2.75) is 33.2 Å². The van der Waals surface area contributed by atoms with Gasteiger partial charge in [-0.05, 0) is 26.0 Å². The van der Waals surface area contributed by atoms with Crippen LogP contribution < -0.4 is 5.19 Å². The van der Waals surface area contributed by atoms with Crippen LogP contribution in [0.15, 0.2) is 30.3 Å². The number of rotatable bonds is 11. The van der Waals surface area contributed by atoms with E-state index in [0.717, 1.165) is 0 Å². The zero-order valence-electron chi connectivity index (χ0n) is 12.8. The van der Waals surface area contributed by atoms with Crippen LogP contribution in [0.4, 0.5) is 0 Å². The Kier molecular flexibility index (Phi) is 8.72. The van der Waals surface area contributed by atoms with Gasteiger partial charge in [-0.2, -0.15) is 0 Å². The van der Waals surface area contributed by atoms with Gasteiger partial charge in [0, 0.05) is 26.4 Å². The lowest BCUT2D eigenvalue weighted by molar-refractivity contribution is -0.380. The lowest BCUT2D eigenvalue weighted by atomic mass is 10.4. The third kappa shape index (κ3) is 6.15. The molecule has 0 aliphatic heterocycles. The molecule has 0 spiro atoms. The Labute approximate surface area is 124 Å². The molecule has 0 saturated carbocycles. The van der Waals surface area contributed by atoms with Gasteiger partial charge in [0.05, 0.1) is 6.42 Å². The summed E-state index contributed by atoms with van der Waals surface area (Å²) in [5.74, 6) is -0.955. The van der Waals surface area contributed by atoms with Crippen LogP contribution in [-0.2, 0) is 18.6 Å². The molecule has 0 atom stereocenters. The first kappa shape index (κ1) is 17.3. The number of hydrogen-bond donors (Lipinski definition) is 0. The van der Waals surface area contributed by atoms with Gasteiger partial charge in [-0.1, -0.05) is 30.3 Å². The molecule has 4 nitrogen and oxygen atoms in total. The van der Waals surface area contributed by atoms with Crippen molar-refractivity contribution in [2.24, 2.45) is 0 Å². The highest BCUT2D eigenvalue weighted by molar-refractivity contribution is 6.46. The Bertz CT molecular complexity index is 328. The minimum Gasteiger partial charge on any atom is -0.418 e. The zero-order chi connectivity index (χ0) is 14.7. The van der Waals surface area contributed by atoms with Crippen LogP contribution in [-0.4, -0.2) is 42.2 Å². The molecular weight excluding hydrogens is 272 g/mol. The van der Waals surface area contributed by atoms with Gasteiger partial charge >= 0.3 is 0 Å². The van der Waals surface area contributed by atoms with E-state index in [0.29, 0.717) is 32.8 Å². The highest BCUT2D eigenvalue weighted by Crippen LogP contribution is 2.20. The van der Waals surface area contributed by atoms with Crippen molar-refractivity contribution < 1.29 is 18.6 Å². The van der Waals surface area contributed by atoms with E-state index >= 15 is 0 Å². The predicted molar refractivity (Wildman–Crippen MR) is 82.8 cm³/mol. The van der Waals surface area contributed by atoms with Crippen LogP contribution in [0.25, 0.3) is 0 Å². The molecule has 0 heterocycles. The molecule has 20 heavy (non-hydrogen) atoms. The van der Waals surface area contributed by atoms with E-state index in [9.17, 15) is 0 Å². The maximum atomic E-state index is 5.81. The quantitative estimate of drug-likeness (QED) is 0.353. The Morgan fingerprint density at radius 3 is 1.95 bits per heavy atom. The van der Waals surface area contributed by atoms with E-state index in [-0.39, 0.29) is 0 Å². The predicted octanol–water partition coefficient (Wildman–Crippen LogP) is 1.57. The van der Waals surface area contributed by atoms with Crippen molar-refractivity contribution in [3.05, 3.63) is 30.3 Å². The average Bonchev–Trinajstić information content (AvgIpc) is 2.46. The van der Waals surface area contributed by atoms with E-state index in [1.807, 2.05) is 39.0 Å². The first-order valence-corrected chi connectivity index (χ1v) is 8.58. The Morgan fingerprint density at radius 1 is 0.900 bits per heavy atom. The topological polar surface area (TPSA) is 36.9 Å². The van der Waals surface area contributed by atoms with Crippen molar-refractivity contribution in [1.29, 1.82) is 0 Å². The van der Waals surface area contributed by atoms with Crippen molar-refractivity contribution in [3.8, 4) is 0 Å². The molecule has 1 rings (SSSR count). The van der Waals surface area contributed by atoms with Gasteiger partial charge < -0.3 is 18.6 Å². The third-order valence-electron chi connectivity index (χ3n) is 2.76. The molecule has 0 saturated heterocycles. The summed E-state index contributed by atoms with van der Waals surface area (Å²) < 4.78 is 22.8. The van der Waals surface area contributed by atoms with Gasteiger partial charge in [0.2, 0.25) is 0 Å². The molecule has 1 aromatic rings. The molecule has 0 N–H and O–H groups in total. The van der Waals surface area contributed by atoms with Crippen LogP contribution in [0.3, 0.4) is 0 Å². The average molecular weight is 298 g/mol. The number of benzene rings is 1. The van der Waals surface area contributed by atoms with Crippen LogP contribution in [0.1, 0.15) is 27.2 Å². The Morgan fingerprint density at radius 2 is 1.45 bits per heavy atom. The zero-order valence-corrected chi connectivity index (χ0v) is 14.2. The van der Waals surface area contributed by atoms with Crippen LogP contribution in [0, 0.1) is 0 Å². The van der Waals surface area contributed by atoms with Gasteiger partial charge in [-0.25, -0.2) is 0 Å². The summed E-state index contributed by atoms with van der Waals surface area (Å²) in [4.78, 5) is 0. The molecule has 0 aliphatic rings. The largest absolute Gasteiger partial charge is 0.418 e. The molecule has 0 aromatic heterocycles. The van der Waals surface area contributed by atoms with E-state index < -0.39 is 15.7 Å². The summed E-state index contributed by atoms with van der Waals surface area (Å²) in [6.07, 6.45) is 0.586. The van der Waals surface area contributed by atoms with E-state index in [2.05, 4.69) is 12.1 Å². The molecule has 0 radical (unpaired) electrons. The summed E-state index contributed by atoms with van der Waals surface area (Å²) in [6.45, 7) is 8.05. The first-order valence-electron chi connectivity index (χ1n) is 7.29. The summed E-state index contributed by atoms with van der Waals surface area (Å²) >= 11 is 0. The van der Waals surface area contributed by atoms with Crippen molar-refractivity contribution in [2.75, 3.05) is 26.4 Å². The van der Waals surface area contributed by atoms with Crippen molar-refractivity contribution >= 4 is 14.9 Å². The van der Waals surface area contributed by atoms with E-state index in [1.165, 1.54) is 5.19 Å². The second-order valence-corrected chi connectivity index (χ2v) is 5.78. The van der Waals surface area contributed by atoms with Crippen molar-refractivity contribution in [1.82, 2.24) is 0 Å². The van der Waals surface area contributed by atoms with Crippen LogP contribution in [0.2, 0.25) is 0 Å². The molecule has 0 aliphatic carbocycles. The normalized spacial score (nSPS) is 12.3. The molecular formula is C15H26O4Si. The maximum Gasteiger partial charge on any atom is 0.285 e. The summed E-state index contributed by atoms with van der Waals surface area (Å²) in [5, 5.41) is 1.29. The second-order valence-electron chi connectivity index (χ2n) is 4.27. The smallest absolute Gasteiger partial charge is 0.285 e. The molecule has 5 heteroatoms. The minimum absolute atomic E-state index is 0.552. The second kappa shape index (κ2) is 10.1. The van der Waals surface area contributed by atoms with Crippen LogP contribution in [0.5, 0.6) is 0 Å². The third-order valence-corrected chi connectivity index (χ3v) is 4.05. The molecule has 114 valence electrons. The lowest BCUT2D eigenvalue weighted by Gasteiger charge is -2.32. The highest BCUT2D eigenvalue weighted by Gasteiger charge is 2.32. The Hall–Kier alpha value is -0.723. The molecule has 0 fully saturated rings. The fraction of sp³-hybridized carbons (Fsp3) is 0.600. The lowest BCUT2D eigenvalue weighted by Crippen LogP contribution is -2.41. The van der Waals surface area contributed by atoms with Crippen LogP contribution >= 0.6 is 0 Å². The standard InChI is InChI=1S/C15H26O4Si/c1-4-16-15(17-5-2,18-6-3)12-13-19-20-14-10-8-7-9-11-14/h7-11H,4-6,12-13,20H2,1-3H3. The van der Waals surface area contributed by atoms with Gasteiger partial charge in [0.15, 0.2) is 9.76 Å². The molecule has 1 aromatic carbocycles. The Balaban J connectivity index is 2.40. The van der Waals surface area contributed by atoms with E-state index in [4.69, 9.17) is 18.6 Å². The monoisotopic (exact) mass is 298 g/mol. The fourth-order valence-electron chi connectivity index (χ4n) is 1.96. The summed E-state index contributed by atoms with van der Waals surface area (Å²) in [7, 11) is -0.689. The summed E-state index contributed by atoms with van der Waals surface area (Å²) in [5.41, 5.74) is 0.